The Morgan fingerprint density at radius 2 is 1.47 bits per heavy atom. The molecule has 3 unspecified atom stereocenters. The molecule has 5 aromatic carbocycles. The number of piperidine rings is 1. The fourth-order valence-electron chi connectivity index (χ4n) is 11.9. The highest BCUT2D eigenvalue weighted by Gasteiger charge is 2.52. The third kappa shape index (κ3) is 14.0. The third-order valence-corrected chi connectivity index (χ3v) is 17.0. The van der Waals surface area contributed by atoms with Gasteiger partial charge in [0.05, 0.1) is 16.4 Å². The Balaban J connectivity index is 0.000000187. The standard InChI is InChI=1S/C23H33NO5.C21H23NO3S.C19H24N.O3S/c1-3-4-5-9-12-21(25)28-15-18(16-10-7-6-8-11-16)23(27)29-17-13-19-22(26)20(14-17)24(19)2;1-5-6-7-8-9-19-21(2,3)20-17-14-16(26(23,24)25)12-10-15(17)11-13-18(20)22(19)4;1-7-20-14(4)19(5,6)18-16-11-12(2)10-13(3)15(16)8-9-17(18)20;1-4(2)3/h6-8,10-11,17-20,22,26H,3-5,9,12-15H2,1-2H3;5-14H,1-4H3,(H,23,24,25);8-11H,7H2,1-6H3;/q;;+1;/b;6-5+,8-7+,19-9+;;/t17?,18-,19+,20?,22?;;;/m1.../s1. The third-order valence-electron chi connectivity index (χ3n) is 16.2. The number of hydrogen-bond donors (Lipinski definition) is 2. The van der Waals surface area contributed by atoms with Crippen molar-refractivity contribution in [2.24, 2.45) is 0 Å². The molecular weight excluding hydrogens is 1040 g/mol. The molecule has 1 aliphatic carbocycles. The van der Waals surface area contributed by atoms with Crippen molar-refractivity contribution >= 4 is 71.3 Å². The number of fused-ring (bicyclic) bond motifs is 8. The maximum absolute atomic E-state index is 12.9. The molecule has 2 bridgehead atoms. The van der Waals surface area contributed by atoms with Gasteiger partial charge in [-0.15, -0.1) is 12.6 Å². The van der Waals surface area contributed by atoms with Crippen LogP contribution in [0.15, 0.2) is 126 Å². The van der Waals surface area contributed by atoms with E-state index in [2.05, 4.69) is 113 Å². The predicted octanol–water partition coefficient (Wildman–Crippen LogP) is 11.7. The van der Waals surface area contributed by atoms with Crippen LogP contribution in [0.3, 0.4) is 0 Å². The number of allylic oxidation sites excluding steroid dienone is 6. The summed E-state index contributed by atoms with van der Waals surface area (Å²) in [5.41, 5.74) is 10.9. The molecule has 424 valence electrons. The Morgan fingerprint density at radius 1 is 0.810 bits per heavy atom. The second-order valence-electron chi connectivity index (χ2n) is 22.0. The molecule has 4 aliphatic heterocycles. The topological polar surface area (TPSA) is 188 Å². The number of esters is 2. The van der Waals surface area contributed by atoms with Gasteiger partial charge in [-0.25, -0.2) is 0 Å². The number of anilines is 1. The minimum absolute atomic E-state index is 0.00242. The zero-order valence-electron chi connectivity index (χ0n) is 47.9. The number of aliphatic hydroxyl groups excluding tert-OH is 1. The second kappa shape index (κ2) is 26.3. The first-order valence-electron chi connectivity index (χ1n) is 27.3. The van der Waals surface area contributed by atoms with Crippen LogP contribution in [0.2, 0.25) is 0 Å². The van der Waals surface area contributed by atoms with E-state index >= 15 is 0 Å². The molecular formula is C63H80N3O11S2+. The van der Waals surface area contributed by atoms with Crippen molar-refractivity contribution in [1.29, 1.82) is 0 Å². The van der Waals surface area contributed by atoms with Crippen LogP contribution in [0.4, 0.5) is 11.4 Å². The molecule has 0 radical (unpaired) electrons. The van der Waals surface area contributed by atoms with E-state index in [1.54, 1.807) is 12.1 Å². The lowest BCUT2D eigenvalue weighted by molar-refractivity contribution is -0.434. The van der Waals surface area contributed by atoms with Gasteiger partial charge in [-0.3, -0.25) is 19.0 Å². The summed E-state index contributed by atoms with van der Waals surface area (Å²) in [6, 6.07) is 27.5. The highest BCUT2D eigenvalue weighted by atomic mass is 32.2. The van der Waals surface area contributed by atoms with Crippen LogP contribution in [0.1, 0.15) is 134 Å². The molecule has 16 heteroatoms. The number of hydrogen-bond acceptors (Lipinski definition) is 12. The summed E-state index contributed by atoms with van der Waals surface area (Å²) in [6.45, 7) is 23.0. The van der Waals surface area contributed by atoms with Crippen LogP contribution in [-0.4, -0.2) is 109 Å². The highest BCUT2D eigenvalue weighted by molar-refractivity contribution is 7.85. The van der Waals surface area contributed by atoms with Crippen LogP contribution in [-0.2, 0) is 50.6 Å². The summed E-state index contributed by atoms with van der Waals surface area (Å²) < 4.78 is 71.6. The number of carbonyl (C=O) groups excluding carboxylic acids is 2. The lowest BCUT2D eigenvalue weighted by Gasteiger charge is -2.56. The lowest BCUT2D eigenvalue weighted by Crippen LogP contribution is -2.71. The Hall–Kier alpha value is -6.30. The second-order valence-corrected chi connectivity index (χ2v) is 23.9. The first-order chi connectivity index (χ1) is 37.3. The van der Waals surface area contributed by atoms with E-state index in [9.17, 15) is 27.7 Å². The van der Waals surface area contributed by atoms with Gasteiger partial charge in [-0.2, -0.15) is 13.0 Å². The molecule has 3 fully saturated rings. The van der Waals surface area contributed by atoms with Crippen molar-refractivity contribution in [3.63, 3.8) is 0 Å². The number of benzene rings is 5. The van der Waals surface area contributed by atoms with Crippen molar-refractivity contribution in [3.05, 3.63) is 149 Å². The molecule has 5 atom stereocenters. The lowest BCUT2D eigenvalue weighted by atomic mass is 9.76. The van der Waals surface area contributed by atoms with E-state index < -0.39 is 26.6 Å². The summed E-state index contributed by atoms with van der Waals surface area (Å²) >= 11 is 0. The van der Waals surface area contributed by atoms with Gasteiger partial charge in [0, 0.05) is 73.7 Å². The fraction of sp³-hybridized carbons (Fsp3) is 0.444. The molecule has 5 aromatic rings. The van der Waals surface area contributed by atoms with Gasteiger partial charge in [-0.05, 0) is 124 Å². The molecule has 4 heterocycles. The van der Waals surface area contributed by atoms with Crippen LogP contribution in [0.25, 0.3) is 21.5 Å². The van der Waals surface area contributed by atoms with Gasteiger partial charge in [0.25, 0.3) is 10.1 Å². The van der Waals surface area contributed by atoms with E-state index in [0.717, 1.165) is 65.5 Å². The van der Waals surface area contributed by atoms with Gasteiger partial charge in [0.1, 0.15) is 25.2 Å². The van der Waals surface area contributed by atoms with Gasteiger partial charge in [-0.1, -0.05) is 124 Å². The number of ether oxygens (including phenoxy) is 2. The average molecular weight is 1120 g/mol. The number of likely N-dealkylation sites (N-methyl/N-ethyl adjacent to an activating group) is 2. The van der Waals surface area contributed by atoms with Crippen LogP contribution in [0, 0.1) is 13.8 Å². The van der Waals surface area contributed by atoms with E-state index in [1.807, 2.05) is 81.7 Å². The van der Waals surface area contributed by atoms with E-state index in [-0.39, 0.29) is 58.6 Å². The molecule has 0 aromatic heterocycles. The zero-order chi connectivity index (χ0) is 58.1. The van der Waals surface area contributed by atoms with Crippen LogP contribution >= 0.6 is 0 Å². The predicted molar refractivity (Wildman–Crippen MR) is 314 cm³/mol. The van der Waals surface area contributed by atoms with Gasteiger partial charge in [0.15, 0.2) is 5.71 Å². The number of carbonyl (C=O) groups is 2. The summed E-state index contributed by atoms with van der Waals surface area (Å²) in [5, 5.41) is 14.7. The van der Waals surface area contributed by atoms with Crippen LogP contribution in [0.5, 0.6) is 0 Å². The van der Waals surface area contributed by atoms with Gasteiger partial charge < -0.3 is 19.5 Å². The monoisotopic (exact) mass is 1120 g/mol. The number of unbranched alkanes of at least 4 members (excludes halogenated alkanes) is 3. The summed E-state index contributed by atoms with van der Waals surface area (Å²) in [5.74, 6) is -1.26. The average Bonchev–Trinajstić information content (AvgIpc) is 3.79. The Morgan fingerprint density at radius 3 is 2.08 bits per heavy atom. The zero-order valence-corrected chi connectivity index (χ0v) is 49.6. The van der Waals surface area contributed by atoms with Crippen molar-refractivity contribution in [2.45, 2.75) is 160 Å². The van der Waals surface area contributed by atoms with Gasteiger partial charge >= 0.3 is 22.5 Å². The number of aryl methyl sites for hydroxylation is 2. The van der Waals surface area contributed by atoms with Crippen LogP contribution < -0.4 is 4.90 Å². The van der Waals surface area contributed by atoms with Crippen molar-refractivity contribution in [1.82, 2.24) is 4.90 Å². The normalized spacial score (nSPS) is 20.6. The smallest absolute Gasteiger partial charge is 0.425 e. The number of rotatable bonds is 14. The maximum Gasteiger partial charge on any atom is 0.425 e. The molecule has 0 amide bonds. The quantitative estimate of drug-likeness (QED) is 0.0352. The van der Waals surface area contributed by atoms with Crippen molar-refractivity contribution in [2.75, 3.05) is 32.1 Å². The Bertz CT molecular complexity index is 3370. The molecule has 2 N–H and O–H groups in total. The summed E-state index contributed by atoms with van der Waals surface area (Å²) in [7, 11) is -3.35. The first kappa shape index (κ1) is 61.9. The van der Waals surface area contributed by atoms with E-state index in [0.29, 0.717) is 19.3 Å². The minimum atomic E-state index is -4.24. The number of aliphatic hydroxyl groups is 1. The summed E-state index contributed by atoms with van der Waals surface area (Å²) in [6.07, 6.45) is 15.2. The molecule has 14 nitrogen and oxygen atoms in total. The molecule has 2 saturated heterocycles. The largest absolute Gasteiger partial charge is 0.464 e. The minimum Gasteiger partial charge on any atom is -0.464 e. The molecule has 1 saturated carbocycles. The fourth-order valence-corrected chi connectivity index (χ4v) is 12.4. The Kier molecular flexibility index (Phi) is 20.6. The maximum atomic E-state index is 12.9. The van der Waals surface area contributed by atoms with Crippen molar-refractivity contribution < 1.29 is 54.3 Å². The van der Waals surface area contributed by atoms with E-state index in [4.69, 9.17) is 22.1 Å². The highest BCUT2D eigenvalue weighted by Crippen LogP contribution is 2.50. The van der Waals surface area contributed by atoms with Crippen molar-refractivity contribution in [3.8, 4) is 0 Å². The summed E-state index contributed by atoms with van der Waals surface area (Å²) in [4.78, 5) is 29.2. The number of nitrogens with zero attached hydrogens (tertiary/aromatic N) is 3. The molecule has 10 rings (SSSR count). The Labute approximate surface area is 469 Å². The molecule has 5 aliphatic rings. The molecule has 79 heavy (non-hydrogen) atoms. The first-order valence-corrected chi connectivity index (χ1v) is 29.8. The van der Waals surface area contributed by atoms with E-state index in [1.165, 1.54) is 44.9 Å². The van der Waals surface area contributed by atoms with Gasteiger partial charge in [0.2, 0.25) is 5.69 Å². The molecule has 0 spiro atoms. The SMILES string of the molecule is C/C=C/C=C/C=C1/N(C)c2ccc3ccc(S(=O)(=O)O)cc3c2C1(C)C.CCCCCCC(=O)OC[C@@H](C(=O)OC1CC2C(O)[C@H](C1)N2C)c1ccccc1.CC[N+]1=C(C)C(C)(C)c2c1ccc1c(C)cc(C)cc21.O=S(=O)=O.